The maximum Gasteiger partial charge on any atom is 0.279 e. The number of benzene rings is 1. The molecule has 2 heterocycles. The average molecular weight is 363 g/mol. The number of aromatic nitrogens is 2. The zero-order valence-corrected chi connectivity index (χ0v) is 15.4. The molecular weight excluding hydrogens is 346 g/mol. The zero-order valence-electron chi connectivity index (χ0n) is 13.7. The summed E-state index contributed by atoms with van der Waals surface area (Å²) in [7, 11) is -4.03. The third-order valence-corrected chi connectivity index (χ3v) is 6.21. The van der Waals surface area contributed by atoms with Crippen LogP contribution in [0.3, 0.4) is 0 Å². The van der Waals surface area contributed by atoms with Crippen molar-refractivity contribution < 1.29 is 8.42 Å². The summed E-state index contributed by atoms with van der Waals surface area (Å²) in [6, 6.07) is 5.24. The third kappa shape index (κ3) is 2.83. The first-order valence-electron chi connectivity index (χ1n) is 7.28. The van der Waals surface area contributed by atoms with Crippen LogP contribution < -0.4 is 10.3 Å². The van der Waals surface area contributed by atoms with Crippen LogP contribution in [0.4, 0.5) is 5.69 Å². The van der Waals surface area contributed by atoms with Crippen LogP contribution >= 0.6 is 11.3 Å². The minimum atomic E-state index is -4.03. The molecule has 0 bridgehead atoms. The molecule has 0 aliphatic heterocycles. The Morgan fingerprint density at radius 3 is 2.50 bits per heavy atom. The molecule has 0 atom stereocenters. The van der Waals surface area contributed by atoms with E-state index in [-0.39, 0.29) is 10.6 Å². The lowest BCUT2D eigenvalue weighted by atomic mass is 10.1. The van der Waals surface area contributed by atoms with Crippen molar-refractivity contribution in [3.05, 3.63) is 56.4 Å². The molecule has 0 spiro atoms. The second-order valence-electron chi connectivity index (χ2n) is 5.73. The van der Waals surface area contributed by atoms with E-state index in [0.29, 0.717) is 10.6 Å². The second kappa shape index (κ2) is 5.71. The Kier molecular flexibility index (Phi) is 3.97. The smallest absolute Gasteiger partial charge is 0.279 e. The fourth-order valence-corrected chi connectivity index (χ4v) is 4.62. The monoisotopic (exact) mass is 363 g/mol. The van der Waals surface area contributed by atoms with Gasteiger partial charge in [-0.15, -0.1) is 11.3 Å². The second-order valence-corrected chi connectivity index (χ2v) is 8.56. The van der Waals surface area contributed by atoms with Crippen LogP contribution in [0.1, 0.15) is 21.7 Å². The first-order chi connectivity index (χ1) is 11.2. The van der Waals surface area contributed by atoms with Gasteiger partial charge in [-0.25, -0.2) is 13.4 Å². The molecule has 3 rings (SSSR count). The first-order valence-corrected chi connectivity index (χ1v) is 9.58. The van der Waals surface area contributed by atoms with E-state index in [4.69, 9.17) is 0 Å². The molecule has 0 amide bonds. The fourth-order valence-electron chi connectivity index (χ4n) is 2.46. The highest BCUT2D eigenvalue weighted by atomic mass is 32.2. The van der Waals surface area contributed by atoms with Crippen LogP contribution in [0.2, 0.25) is 0 Å². The molecule has 8 heteroatoms. The fraction of sp³-hybridized carbons (Fsp3) is 0.250. The van der Waals surface area contributed by atoms with Gasteiger partial charge in [0.15, 0.2) is 9.86 Å². The lowest BCUT2D eigenvalue weighted by molar-refractivity contribution is 0.598. The summed E-state index contributed by atoms with van der Waals surface area (Å²) in [6.45, 7) is 7.22. The minimum absolute atomic E-state index is 0.193. The van der Waals surface area contributed by atoms with E-state index in [9.17, 15) is 13.2 Å². The van der Waals surface area contributed by atoms with Gasteiger partial charge < -0.3 is 0 Å². The van der Waals surface area contributed by atoms with Crippen molar-refractivity contribution in [3.8, 4) is 0 Å². The number of rotatable bonds is 3. The molecular formula is C16H17N3O3S2. The van der Waals surface area contributed by atoms with Crippen LogP contribution in [-0.2, 0) is 10.0 Å². The highest BCUT2D eigenvalue weighted by Gasteiger charge is 2.24. The molecule has 126 valence electrons. The molecule has 0 fully saturated rings. The van der Waals surface area contributed by atoms with E-state index in [1.807, 2.05) is 26.8 Å². The SMILES string of the molecule is Cc1cn2c(=O)c(S(=O)(=O)Nc3ccc(C)c(C)c3)c(C)nc2s1. The summed E-state index contributed by atoms with van der Waals surface area (Å²) in [6.07, 6.45) is 1.60. The molecule has 1 aromatic carbocycles. The van der Waals surface area contributed by atoms with E-state index in [2.05, 4.69) is 9.71 Å². The summed E-state index contributed by atoms with van der Waals surface area (Å²) in [5, 5.41) is 0. The van der Waals surface area contributed by atoms with Gasteiger partial charge in [0, 0.05) is 16.8 Å². The Hall–Kier alpha value is -2.19. The number of hydrogen-bond acceptors (Lipinski definition) is 5. The van der Waals surface area contributed by atoms with E-state index < -0.39 is 15.6 Å². The molecule has 0 unspecified atom stereocenters. The highest BCUT2D eigenvalue weighted by molar-refractivity contribution is 7.92. The number of nitrogens with zero attached hydrogens (tertiary/aromatic N) is 2. The number of nitrogens with one attached hydrogen (secondary N) is 1. The van der Waals surface area contributed by atoms with Crippen LogP contribution in [0, 0.1) is 27.7 Å². The lowest BCUT2D eigenvalue weighted by Gasteiger charge is -2.11. The van der Waals surface area contributed by atoms with Gasteiger partial charge >= 0.3 is 0 Å². The summed E-state index contributed by atoms with van der Waals surface area (Å²) in [5.41, 5.74) is 2.05. The number of hydrogen-bond donors (Lipinski definition) is 1. The van der Waals surface area contributed by atoms with Crippen molar-refractivity contribution in [1.29, 1.82) is 0 Å². The van der Waals surface area contributed by atoms with E-state index in [1.54, 1.807) is 18.3 Å². The number of sulfonamides is 1. The predicted octanol–water partition coefficient (Wildman–Crippen LogP) is 2.79. The Morgan fingerprint density at radius 1 is 1.12 bits per heavy atom. The van der Waals surface area contributed by atoms with E-state index in [0.717, 1.165) is 16.0 Å². The maximum atomic E-state index is 12.7. The van der Waals surface area contributed by atoms with Gasteiger partial charge in [0.1, 0.15) is 0 Å². The molecule has 24 heavy (non-hydrogen) atoms. The number of aryl methyl sites for hydroxylation is 4. The van der Waals surface area contributed by atoms with Gasteiger partial charge in [0.2, 0.25) is 0 Å². The molecule has 3 aromatic rings. The quantitative estimate of drug-likeness (QED) is 0.776. The van der Waals surface area contributed by atoms with Gasteiger partial charge in [0.25, 0.3) is 15.6 Å². The van der Waals surface area contributed by atoms with Gasteiger partial charge in [-0.05, 0) is 51.0 Å². The summed E-state index contributed by atoms with van der Waals surface area (Å²) in [4.78, 5) is 17.9. The summed E-state index contributed by atoms with van der Waals surface area (Å²) < 4.78 is 29.2. The summed E-state index contributed by atoms with van der Waals surface area (Å²) in [5.74, 6) is 0. The minimum Gasteiger partial charge on any atom is -0.279 e. The molecule has 1 N–H and O–H groups in total. The van der Waals surface area contributed by atoms with Crippen molar-refractivity contribution in [2.45, 2.75) is 32.6 Å². The van der Waals surface area contributed by atoms with Gasteiger partial charge in [-0.1, -0.05) is 6.07 Å². The van der Waals surface area contributed by atoms with Crippen molar-refractivity contribution in [1.82, 2.24) is 9.38 Å². The van der Waals surface area contributed by atoms with Crippen molar-refractivity contribution in [3.63, 3.8) is 0 Å². The topological polar surface area (TPSA) is 80.5 Å². The maximum absolute atomic E-state index is 12.7. The highest BCUT2D eigenvalue weighted by Crippen LogP contribution is 2.20. The Balaban J connectivity index is 2.14. The van der Waals surface area contributed by atoms with Crippen LogP contribution in [0.25, 0.3) is 4.96 Å². The molecule has 0 aliphatic carbocycles. The first kappa shape index (κ1) is 16.7. The van der Waals surface area contributed by atoms with Crippen molar-refractivity contribution >= 4 is 32.0 Å². The average Bonchev–Trinajstić information content (AvgIpc) is 2.83. The van der Waals surface area contributed by atoms with Crippen LogP contribution in [0.15, 0.2) is 34.1 Å². The third-order valence-electron chi connectivity index (χ3n) is 3.80. The van der Waals surface area contributed by atoms with Gasteiger partial charge in [0.05, 0.1) is 5.69 Å². The van der Waals surface area contributed by atoms with Gasteiger partial charge in [-0.2, -0.15) is 0 Å². The molecule has 0 radical (unpaired) electrons. The van der Waals surface area contributed by atoms with Crippen LogP contribution in [-0.4, -0.2) is 17.8 Å². The molecule has 0 saturated heterocycles. The Labute approximate surface area is 143 Å². The normalized spacial score (nSPS) is 11.8. The Bertz CT molecular complexity index is 1110. The molecule has 0 aliphatic rings. The predicted molar refractivity (Wildman–Crippen MR) is 95.5 cm³/mol. The number of fused-ring (bicyclic) bond motifs is 1. The van der Waals surface area contributed by atoms with E-state index >= 15 is 0 Å². The largest absolute Gasteiger partial charge is 0.279 e. The lowest BCUT2D eigenvalue weighted by Crippen LogP contribution is -2.27. The van der Waals surface area contributed by atoms with Crippen molar-refractivity contribution in [2.75, 3.05) is 4.72 Å². The van der Waals surface area contributed by atoms with E-state index in [1.165, 1.54) is 22.7 Å². The molecule has 2 aromatic heterocycles. The molecule has 0 saturated carbocycles. The number of thiazole rings is 1. The standard InChI is InChI=1S/C16H17N3O3S2/c1-9-5-6-13(7-10(9)2)18-24(21,22)14-12(4)17-16-19(15(14)20)8-11(3)23-16/h5-8,18H,1-4H3. The Morgan fingerprint density at radius 2 is 1.83 bits per heavy atom. The van der Waals surface area contributed by atoms with Crippen LogP contribution in [0.5, 0.6) is 0 Å². The van der Waals surface area contributed by atoms with Gasteiger partial charge in [-0.3, -0.25) is 13.9 Å². The summed E-state index contributed by atoms with van der Waals surface area (Å²) >= 11 is 1.34. The van der Waals surface area contributed by atoms with Crippen molar-refractivity contribution in [2.24, 2.45) is 0 Å². The molecule has 6 nitrogen and oxygen atoms in total. The zero-order chi connectivity index (χ0) is 17.6. The number of anilines is 1.